The van der Waals surface area contributed by atoms with Crippen molar-refractivity contribution in [2.24, 2.45) is 5.92 Å². The Bertz CT molecular complexity index is 133. The van der Waals surface area contributed by atoms with E-state index in [1.807, 2.05) is 6.92 Å². The zero-order valence-electron chi connectivity index (χ0n) is 6.65. The van der Waals surface area contributed by atoms with E-state index in [0.29, 0.717) is 0 Å². The Morgan fingerprint density at radius 2 is 1.91 bits per heavy atom. The molecule has 0 saturated carbocycles. The van der Waals surface area contributed by atoms with Crippen LogP contribution in [-0.4, -0.2) is 30.7 Å². The fourth-order valence-electron chi connectivity index (χ4n) is 1.43. The Labute approximate surface area is 64.2 Å². The van der Waals surface area contributed by atoms with Crippen molar-refractivity contribution < 1.29 is 13.2 Å². The van der Waals surface area contributed by atoms with Crippen LogP contribution in [0.5, 0.6) is 0 Å². The van der Waals surface area contributed by atoms with Gasteiger partial charge in [-0.15, -0.1) is 0 Å². The molecule has 0 aliphatic carbocycles. The third-order valence-electron chi connectivity index (χ3n) is 2.35. The third kappa shape index (κ3) is 1.86. The monoisotopic (exact) mass is 167 g/mol. The highest BCUT2D eigenvalue weighted by Gasteiger charge is 2.44. The number of hydrogen-bond donors (Lipinski definition) is 0. The molecule has 11 heavy (non-hydrogen) atoms. The van der Waals surface area contributed by atoms with E-state index < -0.39 is 12.1 Å². The molecule has 0 N–H and O–H groups in total. The van der Waals surface area contributed by atoms with Gasteiger partial charge in [-0.3, -0.25) is 0 Å². The first-order valence-corrected chi connectivity index (χ1v) is 3.68. The highest BCUT2D eigenvalue weighted by atomic mass is 19.4. The number of hydrogen-bond acceptors (Lipinski definition) is 1. The Balaban J connectivity index is 2.54. The van der Waals surface area contributed by atoms with Crippen molar-refractivity contribution in [2.45, 2.75) is 25.6 Å². The summed E-state index contributed by atoms with van der Waals surface area (Å²) in [6.45, 7) is 1.98. The first-order valence-electron chi connectivity index (χ1n) is 3.68. The first-order chi connectivity index (χ1) is 4.91. The average molecular weight is 167 g/mol. The molecule has 1 rings (SSSR count). The van der Waals surface area contributed by atoms with Crippen LogP contribution in [-0.2, 0) is 0 Å². The van der Waals surface area contributed by atoms with Crippen LogP contribution in [0.2, 0.25) is 0 Å². The van der Waals surface area contributed by atoms with E-state index >= 15 is 0 Å². The van der Waals surface area contributed by atoms with Gasteiger partial charge in [0, 0.05) is 12.6 Å². The molecular formula is C7H12F3N. The molecule has 0 aromatic rings. The Hall–Kier alpha value is -0.250. The largest absolute Gasteiger partial charge is 0.393 e. The van der Waals surface area contributed by atoms with Gasteiger partial charge in [0.15, 0.2) is 0 Å². The van der Waals surface area contributed by atoms with E-state index in [-0.39, 0.29) is 19.0 Å². The summed E-state index contributed by atoms with van der Waals surface area (Å²) in [6, 6.07) is 0.0709. The maximum absolute atomic E-state index is 12.1. The van der Waals surface area contributed by atoms with Crippen LogP contribution < -0.4 is 0 Å². The van der Waals surface area contributed by atoms with Gasteiger partial charge in [-0.05, 0) is 20.4 Å². The highest BCUT2D eigenvalue weighted by molar-refractivity contribution is 4.83. The molecule has 0 amide bonds. The molecule has 0 radical (unpaired) electrons. The predicted molar refractivity (Wildman–Crippen MR) is 36.3 cm³/mol. The van der Waals surface area contributed by atoms with E-state index in [0.717, 1.165) is 0 Å². The molecule has 0 bridgehead atoms. The minimum Gasteiger partial charge on any atom is -0.303 e. The van der Waals surface area contributed by atoms with Crippen molar-refractivity contribution >= 4 is 0 Å². The van der Waals surface area contributed by atoms with Gasteiger partial charge in [-0.25, -0.2) is 0 Å². The fourth-order valence-corrected chi connectivity index (χ4v) is 1.43. The number of nitrogens with zero attached hydrogens (tertiary/aromatic N) is 1. The molecule has 1 unspecified atom stereocenters. The molecule has 4 heteroatoms. The number of alkyl halides is 3. The van der Waals surface area contributed by atoms with E-state index in [9.17, 15) is 13.2 Å². The average Bonchev–Trinajstić information content (AvgIpc) is 2.11. The SMILES string of the molecule is C[C@@H]1CC(C(F)(F)F)CN1C. The first kappa shape index (κ1) is 8.84. The lowest BCUT2D eigenvalue weighted by molar-refractivity contribution is -0.170. The van der Waals surface area contributed by atoms with Crippen LogP contribution >= 0.6 is 0 Å². The summed E-state index contributed by atoms with van der Waals surface area (Å²) in [4.78, 5) is 1.75. The van der Waals surface area contributed by atoms with E-state index in [2.05, 4.69) is 0 Å². The summed E-state index contributed by atoms with van der Waals surface area (Å²) in [6.07, 6.45) is -3.75. The van der Waals surface area contributed by atoms with Crippen LogP contribution in [0.15, 0.2) is 0 Å². The quantitative estimate of drug-likeness (QED) is 0.532. The second kappa shape index (κ2) is 2.66. The Morgan fingerprint density at radius 1 is 1.36 bits per heavy atom. The minimum atomic E-state index is -4.00. The van der Waals surface area contributed by atoms with Gasteiger partial charge in [0.05, 0.1) is 5.92 Å². The van der Waals surface area contributed by atoms with Crippen molar-refractivity contribution in [3.63, 3.8) is 0 Å². The van der Waals surface area contributed by atoms with Crippen LogP contribution in [0.25, 0.3) is 0 Å². The normalized spacial score (nSPS) is 34.6. The van der Waals surface area contributed by atoms with E-state index in [4.69, 9.17) is 0 Å². The summed E-state index contributed by atoms with van der Waals surface area (Å²) >= 11 is 0. The van der Waals surface area contributed by atoms with Gasteiger partial charge in [-0.2, -0.15) is 13.2 Å². The number of rotatable bonds is 0. The van der Waals surface area contributed by atoms with E-state index in [1.165, 1.54) is 0 Å². The summed E-state index contributed by atoms with van der Waals surface area (Å²) in [5, 5.41) is 0. The van der Waals surface area contributed by atoms with Gasteiger partial charge in [-0.1, -0.05) is 0 Å². The summed E-state index contributed by atoms with van der Waals surface area (Å²) in [5.74, 6) is -1.11. The van der Waals surface area contributed by atoms with Crippen molar-refractivity contribution in [2.75, 3.05) is 13.6 Å². The molecule has 1 saturated heterocycles. The molecule has 1 aliphatic heterocycles. The van der Waals surface area contributed by atoms with Crippen molar-refractivity contribution in [3.8, 4) is 0 Å². The zero-order chi connectivity index (χ0) is 8.65. The topological polar surface area (TPSA) is 3.24 Å². The van der Waals surface area contributed by atoms with Gasteiger partial charge in [0.2, 0.25) is 0 Å². The molecule has 1 aliphatic rings. The zero-order valence-corrected chi connectivity index (χ0v) is 6.65. The van der Waals surface area contributed by atoms with Gasteiger partial charge in [0.25, 0.3) is 0 Å². The number of likely N-dealkylation sites (tertiary alicyclic amines) is 1. The lowest BCUT2D eigenvalue weighted by atomic mass is 10.1. The maximum atomic E-state index is 12.1. The maximum Gasteiger partial charge on any atom is 0.393 e. The van der Waals surface area contributed by atoms with Crippen LogP contribution in [0.1, 0.15) is 13.3 Å². The Kier molecular flexibility index (Phi) is 2.14. The molecule has 0 aromatic heterocycles. The summed E-state index contributed by atoms with van der Waals surface area (Å²) < 4.78 is 36.2. The van der Waals surface area contributed by atoms with Gasteiger partial charge >= 0.3 is 6.18 Å². The predicted octanol–water partition coefficient (Wildman–Crippen LogP) is 1.89. The second-order valence-electron chi connectivity index (χ2n) is 3.26. The standard InChI is InChI=1S/C7H12F3N/c1-5-3-6(4-11(5)2)7(8,9)10/h5-6H,3-4H2,1-2H3/t5-,6?/m1/s1. The molecule has 66 valence electrons. The second-order valence-corrected chi connectivity index (χ2v) is 3.26. The molecule has 0 spiro atoms. The minimum absolute atomic E-state index is 0.0709. The van der Waals surface area contributed by atoms with Crippen LogP contribution in [0, 0.1) is 5.92 Å². The molecule has 2 atom stereocenters. The molecule has 1 nitrogen and oxygen atoms in total. The number of halogens is 3. The summed E-state index contributed by atoms with van der Waals surface area (Å²) in [5.41, 5.74) is 0. The van der Waals surface area contributed by atoms with E-state index in [1.54, 1.807) is 11.9 Å². The lowest BCUT2D eigenvalue weighted by Crippen LogP contribution is -2.26. The summed E-state index contributed by atoms with van der Waals surface area (Å²) in [7, 11) is 1.73. The highest BCUT2D eigenvalue weighted by Crippen LogP contribution is 2.35. The van der Waals surface area contributed by atoms with Gasteiger partial charge in [0.1, 0.15) is 0 Å². The molecule has 0 aromatic carbocycles. The fraction of sp³-hybridized carbons (Fsp3) is 1.00. The van der Waals surface area contributed by atoms with Gasteiger partial charge < -0.3 is 4.90 Å². The van der Waals surface area contributed by atoms with Crippen molar-refractivity contribution in [1.29, 1.82) is 0 Å². The lowest BCUT2D eigenvalue weighted by Gasteiger charge is -2.14. The molecular weight excluding hydrogens is 155 g/mol. The Morgan fingerprint density at radius 3 is 2.09 bits per heavy atom. The molecule has 1 fully saturated rings. The van der Waals surface area contributed by atoms with Crippen molar-refractivity contribution in [3.05, 3.63) is 0 Å². The third-order valence-corrected chi connectivity index (χ3v) is 2.35. The molecule has 1 heterocycles. The smallest absolute Gasteiger partial charge is 0.303 e. The van der Waals surface area contributed by atoms with Crippen LogP contribution in [0.3, 0.4) is 0 Å². The van der Waals surface area contributed by atoms with Crippen molar-refractivity contribution in [1.82, 2.24) is 4.90 Å². The van der Waals surface area contributed by atoms with Crippen LogP contribution in [0.4, 0.5) is 13.2 Å².